The zero-order valence-corrected chi connectivity index (χ0v) is 8.22. The molecule has 1 aliphatic rings. The van der Waals surface area contributed by atoms with E-state index in [9.17, 15) is 0 Å². The molecule has 74 valence electrons. The quantitative estimate of drug-likeness (QED) is 0.761. The molecule has 3 nitrogen and oxygen atoms in total. The van der Waals surface area contributed by atoms with E-state index in [1.165, 1.54) is 5.39 Å². The molecule has 1 aliphatic heterocycles. The molecule has 0 spiro atoms. The van der Waals surface area contributed by atoms with E-state index in [0.717, 1.165) is 17.6 Å². The van der Waals surface area contributed by atoms with Crippen LogP contribution in [0.3, 0.4) is 0 Å². The summed E-state index contributed by atoms with van der Waals surface area (Å²) in [7, 11) is 0. The summed E-state index contributed by atoms with van der Waals surface area (Å²) in [6.07, 6.45) is 2.81. The van der Waals surface area contributed by atoms with Crippen LogP contribution in [0.4, 0.5) is 0 Å². The van der Waals surface area contributed by atoms with Gasteiger partial charge in [-0.2, -0.15) is 5.10 Å². The zero-order valence-electron chi connectivity index (χ0n) is 8.22. The predicted molar refractivity (Wildman–Crippen MR) is 60.7 cm³/mol. The van der Waals surface area contributed by atoms with E-state index in [2.05, 4.69) is 33.7 Å². The topological polar surface area (TPSA) is 37.3 Å². The van der Waals surface area contributed by atoms with Gasteiger partial charge < -0.3 is 5.43 Å². The number of para-hydroxylation sites is 1. The molecule has 3 heteroatoms. The normalized spacial score (nSPS) is 19.3. The van der Waals surface area contributed by atoms with Crippen LogP contribution in [0.25, 0.3) is 10.9 Å². The Morgan fingerprint density at radius 3 is 2.93 bits per heavy atom. The van der Waals surface area contributed by atoms with Gasteiger partial charge in [0, 0.05) is 18.0 Å². The van der Waals surface area contributed by atoms with Crippen molar-refractivity contribution in [1.29, 1.82) is 0 Å². The van der Waals surface area contributed by atoms with Gasteiger partial charge >= 0.3 is 0 Å². The van der Waals surface area contributed by atoms with Crippen molar-refractivity contribution >= 4 is 17.1 Å². The monoisotopic (exact) mass is 197 g/mol. The molecule has 0 bridgehead atoms. The molecule has 1 unspecified atom stereocenters. The fourth-order valence-electron chi connectivity index (χ4n) is 1.82. The van der Waals surface area contributed by atoms with E-state index in [0.29, 0.717) is 0 Å². The van der Waals surface area contributed by atoms with Crippen LogP contribution in [0.1, 0.15) is 18.2 Å². The van der Waals surface area contributed by atoms with E-state index in [1.54, 1.807) is 0 Å². The van der Waals surface area contributed by atoms with Crippen molar-refractivity contribution in [3.8, 4) is 0 Å². The number of hydrogen-bond acceptors (Lipinski definition) is 3. The van der Waals surface area contributed by atoms with Crippen molar-refractivity contribution in [1.82, 2.24) is 10.4 Å². The maximum absolute atomic E-state index is 4.61. The van der Waals surface area contributed by atoms with Crippen molar-refractivity contribution < 1.29 is 0 Å². The Morgan fingerprint density at radius 1 is 1.13 bits per heavy atom. The highest BCUT2D eigenvalue weighted by molar-refractivity contribution is 5.78. The van der Waals surface area contributed by atoms with Gasteiger partial charge in [-0.1, -0.05) is 24.3 Å². The van der Waals surface area contributed by atoms with Crippen LogP contribution in [0.15, 0.2) is 41.5 Å². The lowest BCUT2D eigenvalue weighted by Gasteiger charge is -2.09. The van der Waals surface area contributed by atoms with Gasteiger partial charge in [0.2, 0.25) is 0 Å². The Hall–Kier alpha value is -1.90. The summed E-state index contributed by atoms with van der Waals surface area (Å²) in [5.41, 5.74) is 5.15. The Bertz CT molecular complexity index is 511. The number of fused-ring (bicyclic) bond motifs is 1. The number of aromatic nitrogens is 1. The molecule has 0 saturated carbocycles. The summed E-state index contributed by atoms with van der Waals surface area (Å²) in [5.74, 6) is 0. The lowest BCUT2D eigenvalue weighted by molar-refractivity contribution is 0.605. The number of nitrogens with zero attached hydrogens (tertiary/aromatic N) is 2. The number of hydrogen-bond donors (Lipinski definition) is 1. The highest BCUT2D eigenvalue weighted by atomic mass is 15.3. The Balaban J connectivity index is 2.06. The van der Waals surface area contributed by atoms with Crippen molar-refractivity contribution in [2.24, 2.45) is 5.10 Å². The molecule has 1 aromatic carbocycles. The Labute approximate surface area is 87.8 Å². The summed E-state index contributed by atoms with van der Waals surface area (Å²) in [4.78, 5) is 4.61. The first-order chi connectivity index (χ1) is 7.43. The smallest absolute Gasteiger partial charge is 0.0910 e. The summed E-state index contributed by atoms with van der Waals surface area (Å²) >= 11 is 0. The SMILES string of the molecule is C1=NNC(c2ccc3ccccc3n2)C1. The Kier molecular flexibility index (Phi) is 1.88. The predicted octanol–water partition coefficient (Wildman–Crippen LogP) is 2.25. The Morgan fingerprint density at radius 2 is 2.07 bits per heavy atom. The lowest BCUT2D eigenvalue weighted by atomic mass is 10.1. The van der Waals surface area contributed by atoms with Gasteiger partial charge in [-0.15, -0.1) is 0 Å². The van der Waals surface area contributed by atoms with Crippen LogP contribution in [0.5, 0.6) is 0 Å². The third-order valence-electron chi connectivity index (χ3n) is 2.64. The lowest BCUT2D eigenvalue weighted by Crippen LogP contribution is -2.11. The fourth-order valence-corrected chi connectivity index (χ4v) is 1.82. The second-order valence-electron chi connectivity index (χ2n) is 3.66. The third-order valence-corrected chi connectivity index (χ3v) is 2.64. The molecule has 1 aromatic heterocycles. The zero-order chi connectivity index (χ0) is 10.1. The molecule has 15 heavy (non-hydrogen) atoms. The van der Waals surface area contributed by atoms with Crippen molar-refractivity contribution in [2.75, 3.05) is 0 Å². The molecule has 0 fully saturated rings. The summed E-state index contributed by atoms with van der Waals surface area (Å²) in [6, 6.07) is 12.6. The summed E-state index contributed by atoms with van der Waals surface area (Å²) in [6.45, 7) is 0. The van der Waals surface area contributed by atoms with Crippen LogP contribution in [-0.2, 0) is 0 Å². The number of nitrogens with one attached hydrogen (secondary N) is 1. The molecule has 1 N–H and O–H groups in total. The molecule has 0 amide bonds. The molecule has 0 aliphatic carbocycles. The molecule has 3 rings (SSSR count). The van der Waals surface area contributed by atoms with Gasteiger partial charge in [0.15, 0.2) is 0 Å². The second-order valence-corrected chi connectivity index (χ2v) is 3.66. The first-order valence-corrected chi connectivity index (χ1v) is 5.06. The maximum Gasteiger partial charge on any atom is 0.0910 e. The van der Waals surface area contributed by atoms with Crippen LogP contribution >= 0.6 is 0 Å². The van der Waals surface area contributed by atoms with Crippen LogP contribution in [-0.4, -0.2) is 11.2 Å². The van der Waals surface area contributed by atoms with E-state index in [4.69, 9.17) is 0 Å². The number of benzene rings is 1. The van der Waals surface area contributed by atoms with Gasteiger partial charge in [0.25, 0.3) is 0 Å². The molecular formula is C12H11N3. The second kappa shape index (κ2) is 3.35. The van der Waals surface area contributed by atoms with Crippen molar-refractivity contribution in [2.45, 2.75) is 12.5 Å². The molecule has 0 radical (unpaired) electrons. The van der Waals surface area contributed by atoms with Gasteiger partial charge in [-0.25, -0.2) is 0 Å². The van der Waals surface area contributed by atoms with Crippen LogP contribution in [0.2, 0.25) is 0 Å². The highest BCUT2D eigenvalue weighted by Crippen LogP contribution is 2.20. The summed E-state index contributed by atoms with van der Waals surface area (Å²) < 4.78 is 0. The standard InChI is InChI=1S/C12H11N3/c1-2-4-10-9(3-1)5-6-11(14-10)12-7-8-13-15-12/h1-6,8,12,15H,7H2. The van der Waals surface area contributed by atoms with E-state index in [1.807, 2.05) is 24.4 Å². The van der Waals surface area contributed by atoms with Gasteiger partial charge in [-0.3, -0.25) is 4.98 Å². The van der Waals surface area contributed by atoms with Crippen molar-refractivity contribution in [3.05, 3.63) is 42.1 Å². The minimum absolute atomic E-state index is 0.245. The van der Waals surface area contributed by atoms with Crippen LogP contribution in [0, 0.1) is 0 Å². The first kappa shape index (κ1) is 8.41. The van der Waals surface area contributed by atoms with E-state index >= 15 is 0 Å². The number of hydrazone groups is 1. The minimum Gasteiger partial charge on any atom is -0.301 e. The van der Waals surface area contributed by atoms with Crippen molar-refractivity contribution in [3.63, 3.8) is 0 Å². The first-order valence-electron chi connectivity index (χ1n) is 5.06. The van der Waals surface area contributed by atoms with Gasteiger partial charge in [-0.05, 0) is 12.1 Å². The number of pyridine rings is 1. The number of rotatable bonds is 1. The summed E-state index contributed by atoms with van der Waals surface area (Å²) in [5, 5.41) is 5.19. The molecule has 0 saturated heterocycles. The van der Waals surface area contributed by atoms with Crippen LogP contribution < -0.4 is 5.43 Å². The molecule has 1 atom stereocenters. The highest BCUT2D eigenvalue weighted by Gasteiger charge is 2.14. The van der Waals surface area contributed by atoms with Gasteiger partial charge in [0.1, 0.15) is 0 Å². The molecule has 2 heterocycles. The molecular weight excluding hydrogens is 186 g/mol. The average Bonchev–Trinajstić information content (AvgIpc) is 2.82. The molecule has 2 aromatic rings. The van der Waals surface area contributed by atoms with E-state index < -0.39 is 0 Å². The van der Waals surface area contributed by atoms with E-state index in [-0.39, 0.29) is 6.04 Å². The van der Waals surface area contributed by atoms with Gasteiger partial charge in [0.05, 0.1) is 17.3 Å². The maximum atomic E-state index is 4.61. The largest absolute Gasteiger partial charge is 0.301 e. The minimum atomic E-state index is 0.245. The fraction of sp³-hybridized carbons (Fsp3) is 0.167. The average molecular weight is 197 g/mol. The third kappa shape index (κ3) is 1.46.